The fourth-order valence-corrected chi connectivity index (χ4v) is 7.34. The fraction of sp³-hybridized carbons (Fsp3) is 0.600. The van der Waals surface area contributed by atoms with Crippen molar-refractivity contribution in [1.82, 2.24) is 14.7 Å². The van der Waals surface area contributed by atoms with E-state index in [4.69, 9.17) is 0 Å². The molecule has 36 heavy (non-hydrogen) atoms. The first kappa shape index (κ1) is 25.2. The van der Waals surface area contributed by atoms with Crippen LogP contribution in [0.25, 0.3) is 0 Å². The minimum absolute atomic E-state index is 0.0265. The molecule has 2 N–H and O–H groups in total. The summed E-state index contributed by atoms with van der Waals surface area (Å²) < 4.78 is 28.9. The van der Waals surface area contributed by atoms with Gasteiger partial charge >= 0.3 is 16.2 Å². The average molecular weight is 517 g/mol. The number of likely N-dealkylation sites (tertiary alicyclic amines) is 1. The van der Waals surface area contributed by atoms with Gasteiger partial charge in [-0.2, -0.15) is 18.0 Å². The molecule has 0 saturated carbocycles. The maximum Gasteiger partial charge on any atom is 0.436 e. The second-order valence-electron chi connectivity index (χ2n) is 10.6. The first-order valence-corrected chi connectivity index (χ1v) is 14.4. The first-order valence-electron chi connectivity index (χ1n) is 13.0. The quantitative estimate of drug-likeness (QED) is 0.569. The van der Waals surface area contributed by atoms with Crippen molar-refractivity contribution in [2.75, 3.05) is 29.8 Å². The lowest BCUT2D eigenvalue weighted by Gasteiger charge is -2.38. The molecule has 2 heterocycles. The Bertz CT molecular complexity index is 1230. The highest BCUT2D eigenvalue weighted by Crippen LogP contribution is 2.38. The van der Waals surface area contributed by atoms with E-state index >= 15 is 0 Å². The van der Waals surface area contributed by atoms with Crippen LogP contribution in [0.3, 0.4) is 0 Å². The van der Waals surface area contributed by atoms with Crippen LogP contribution in [0.4, 0.5) is 16.2 Å². The van der Waals surface area contributed by atoms with E-state index in [2.05, 4.69) is 16.5 Å². The number of nitrogens with zero attached hydrogens (tertiary/aromatic N) is 4. The van der Waals surface area contributed by atoms with Gasteiger partial charge in [0, 0.05) is 18.8 Å². The highest BCUT2D eigenvalue weighted by atomic mass is 32.2. The molecule has 1 aromatic heterocycles. The zero-order valence-electron chi connectivity index (χ0n) is 21.3. The summed E-state index contributed by atoms with van der Waals surface area (Å²) in [7, 11) is -2.70. The number of anilines is 2. The number of aryl methyl sites for hydroxylation is 2. The Morgan fingerprint density at radius 1 is 1.17 bits per heavy atom. The number of nitrogens with one attached hydrogen (secondary N) is 2. The molecule has 1 aliphatic heterocycles. The fourth-order valence-electron chi connectivity index (χ4n) is 5.94. The van der Waals surface area contributed by atoms with Gasteiger partial charge in [-0.15, -0.1) is 0 Å². The van der Waals surface area contributed by atoms with E-state index in [1.807, 2.05) is 25.8 Å². The zero-order chi connectivity index (χ0) is 25.6. The molecular formula is C25H36N6O4S. The third-order valence-electron chi connectivity index (χ3n) is 7.69. The lowest BCUT2D eigenvalue weighted by Crippen LogP contribution is -3.14. The summed E-state index contributed by atoms with van der Waals surface area (Å²) in [6.07, 6.45) is 10.0. The maximum absolute atomic E-state index is 13.8. The molecule has 2 atom stereocenters. The van der Waals surface area contributed by atoms with Gasteiger partial charge < -0.3 is 10.1 Å². The van der Waals surface area contributed by atoms with Crippen LogP contribution in [-0.2, 0) is 35.9 Å². The van der Waals surface area contributed by atoms with Gasteiger partial charge in [-0.25, -0.2) is 9.10 Å². The number of aromatic nitrogens is 2. The van der Waals surface area contributed by atoms with Crippen LogP contribution in [-0.4, -0.2) is 55.3 Å². The van der Waals surface area contributed by atoms with Crippen molar-refractivity contribution in [3.8, 4) is 0 Å². The molecule has 0 spiro atoms. The van der Waals surface area contributed by atoms with Crippen LogP contribution in [0.1, 0.15) is 67.8 Å². The Hall–Kier alpha value is -2.47. The zero-order valence-corrected chi connectivity index (χ0v) is 22.1. The summed E-state index contributed by atoms with van der Waals surface area (Å²) in [5.41, 5.74) is 5.49. The number of hydrogen-bond acceptors (Lipinski definition) is 6. The first-order chi connectivity index (χ1) is 17.2. The molecule has 3 aliphatic rings. The highest BCUT2D eigenvalue weighted by Gasteiger charge is 2.41. The molecule has 0 radical (unpaired) electrons. The molecule has 0 bridgehead atoms. The number of hydroxylamine groups is 1. The molecule has 2 unspecified atom stereocenters. The number of quaternary nitrogens is 1. The smallest absolute Gasteiger partial charge is 0.436 e. The SMILES string of the molecule is CC(C)n1cc(N(C2CCCN(C)C2)S(=O)(=O)[NH+]([O-])C(=O)Nc2c3c(cc4c2CCC4)CCC3)cn1. The normalized spacial score (nSPS) is 20.9. The van der Waals surface area contributed by atoms with Crippen LogP contribution in [0.2, 0.25) is 0 Å². The van der Waals surface area contributed by atoms with E-state index in [1.165, 1.54) is 17.3 Å². The van der Waals surface area contributed by atoms with E-state index in [0.717, 1.165) is 66.9 Å². The molecular weight excluding hydrogens is 480 g/mol. The highest BCUT2D eigenvalue weighted by molar-refractivity contribution is 7.86. The predicted octanol–water partition coefficient (Wildman–Crippen LogP) is 2.20. The number of urea groups is 1. The largest absolute Gasteiger partial charge is 0.608 e. The molecule has 2 aliphatic carbocycles. The molecule has 10 nitrogen and oxygen atoms in total. The number of carbonyl (C=O) groups is 1. The average Bonchev–Trinajstić information content (AvgIpc) is 3.59. The number of rotatable bonds is 6. The van der Waals surface area contributed by atoms with Gasteiger partial charge in [0.05, 0.1) is 23.6 Å². The number of fused-ring (bicyclic) bond motifs is 2. The minimum Gasteiger partial charge on any atom is -0.608 e. The number of likely N-dealkylation sites (N-methyl/N-ethyl adjacent to an activating group) is 1. The molecule has 1 aromatic carbocycles. The van der Waals surface area contributed by atoms with Crippen molar-refractivity contribution in [2.45, 2.75) is 77.3 Å². The van der Waals surface area contributed by atoms with Crippen molar-refractivity contribution in [3.05, 3.63) is 45.9 Å². The number of piperidine rings is 1. The van der Waals surface area contributed by atoms with Gasteiger partial charge in [0.2, 0.25) is 0 Å². The van der Waals surface area contributed by atoms with Crippen molar-refractivity contribution >= 4 is 27.6 Å². The monoisotopic (exact) mass is 516 g/mol. The third-order valence-corrected chi connectivity index (χ3v) is 9.37. The Balaban J connectivity index is 1.47. The second kappa shape index (κ2) is 9.77. The van der Waals surface area contributed by atoms with Crippen molar-refractivity contribution in [1.29, 1.82) is 0 Å². The molecule has 1 saturated heterocycles. The number of amides is 2. The van der Waals surface area contributed by atoms with Crippen LogP contribution < -0.4 is 14.1 Å². The van der Waals surface area contributed by atoms with E-state index in [0.29, 0.717) is 24.3 Å². The van der Waals surface area contributed by atoms with Gasteiger partial charge in [0.1, 0.15) is 0 Å². The van der Waals surface area contributed by atoms with E-state index in [9.17, 15) is 18.4 Å². The molecule has 196 valence electrons. The Labute approximate surface area is 213 Å². The maximum atomic E-state index is 13.8. The van der Waals surface area contributed by atoms with E-state index in [1.54, 1.807) is 10.9 Å². The molecule has 11 heteroatoms. The predicted molar refractivity (Wildman–Crippen MR) is 138 cm³/mol. The van der Waals surface area contributed by atoms with Gasteiger partial charge in [-0.1, -0.05) is 6.07 Å². The summed E-state index contributed by atoms with van der Waals surface area (Å²) in [5, 5.41) is 20.4. The molecule has 2 amide bonds. The molecule has 1 fully saturated rings. The number of carbonyl (C=O) groups excluding carboxylic acids is 1. The number of benzene rings is 1. The summed E-state index contributed by atoms with van der Waals surface area (Å²) >= 11 is 0. The van der Waals surface area contributed by atoms with Gasteiger partial charge in [-0.3, -0.25) is 10.00 Å². The van der Waals surface area contributed by atoms with Crippen LogP contribution in [0.15, 0.2) is 18.5 Å². The number of hydrogen-bond donors (Lipinski definition) is 2. The Kier molecular flexibility index (Phi) is 6.84. The third kappa shape index (κ3) is 4.53. The van der Waals surface area contributed by atoms with Crippen LogP contribution in [0, 0.1) is 5.21 Å². The summed E-state index contributed by atoms with van der Waals surface area (Å²) in [5.74, 6) is 0. The summed E-state index contributed by atoms with van der Waals surface area (Å²) in [6, 6.07) is 0.709. The second-order valence-corrected chi connectivity index (χ2v) is 12.3. The van der Waals surface area contributed by atoms with Gasteiger partial charge in [-0.05, 0) is 101 Å². The lowest BCUT2D eigenvalue weighted by molar-refractivity contribution is -0.604. The topological polar surface area (TPSA) is 115 Å². The van der Waals surface area contributed by atoms with E-state index in [-0.39, 0.29) is 6.04 Å². The molecule has 2 aromatic rings. The Morgan fingerprint density at radius 2 is 1.83 bits per heavy atom. The summed E-state index contributed by atoms with van der Waals surface area (Å²) in [4.78, 5) is 15.3. The lowest BCUT2D eigenvalue weighted by atomic mass is 9.99. The Morgan fingerprint density at radius 3 is 2.42 bits per heavy atom. The van der Waals surface area contributed by atoms with Crippen molar-refractivity contribution < 1.29 is 17.7 Å². The van der Waals surface area contributed by atoms with Crippen LogP contribution >= 0.6 is 0 Å². The molecule has 5 rings (SSSR count). The van der Waals surface area contributed by atoms with Crippen molar-refractivity contribution in [2.24, 2.45) is 0 Å². The summed E-state index contributed by atoms with van der Waals surface area (Å²) in [6.45, 7) is 5.22. The van der Waals surface area contributed by atoms with Crippen LogP contribution in [0.5, 0.6) is 0 Å². The van der Waals surface area contributed by atoms with Crippen molar-refractivity contribution in [3.63, 3.8) is 0 Å². The van der Waals surface area contributed by atoms with Gasteiger partial charge in [0.25, 0.3) is 0 Å². The van der Waals surface area contributed by atoms with E-state index < -0.39 is 26.8 Å². The minimum atomic E-state index is -4.63. The van der Waals surface area contributed by atoms with Gasteiger partial charge in [0.15, 0.2) is 0 Å². The standard InChI is InChI=1S/C25H36N6O4S/c1-17(2)29-16-21(14-26-29)30(20-9-6-12-28(3)15-20)36(34,35)31(33)25(32)27-24-22-10-4-7-18(22)13-19-8-5-11-23(19)24/h13-14,16-17,20,31H,4-12,15H2,1-3H3,(H,27,32).